The minimum absolute atomic E-state index is 0.0993. The van der Waals surface area contributed by atoms with E-state index in [0.717, 1.165) is 0 Å². The average molecular weight is 255 g/mol. The van der Waals surface area contributed by atoms with E-state index in [1.165, 1.54) is 23.1 Å². The molecule has 1 aromatic carbocycles. The van der Waals surface area contributed by atoms with Gasteiger partial charge in [0.2, 0.25) is 0 Å². The highest BCUT2D eigenvalue weighted by molar-refractivity contribution is 5.91. The van der Waals surface area contributed by atoms with Crippen LogP contribution in [0.15, 0.2) is 18.2 Å². The summed E-state index contributed by atoms with van der Waals surface area (Å²) in [5, 5.41) is 29.6. The van der Waals surface area contributed by atoms with Gasteiger partial charge in [-0.2, -0.15) is 0 Å². The van der Waals surface area contributed by atoms with Gasteiger partial charge in [-0.25, -0.2) is 4.79 Å². The molecule has 6 N–H and O–H groups in total. The predicted octanol–water partition coefficient (Wildman–Crippen LogP) is -0.207. The van der Waals surface area contributed by atoms with Gasteiger partial charge in [-0.1, -0.05) is 0 Å². The quantitative estimate of drug-likeness (QED) is 0.368. The molecule has 0 fully saturated rings. The third-order valence-corrected chi connectivity index (χ3v) is 2.29. The van der Waals surface area contributed by atoms with Gasteiger partial charge in [0.1, 0.15) is 5.75 Å². The number of benzene rings is 1. The number of carbonyl (C=O) groups excluding carboxylic acids is 1. The molecular formula is C11H17N3O4. The van der Waals surface area contributed by atoms with E-state index >= 15 is 0 Å². The van der Waals surface area contributed by atoms with Crippen molar-refractivity contribution >= 4 is 17.4 Å². The molecule has 7 nitrogen and oxygen atoms in total. The van der Waals surface area contributed by atoms with E-state index in [0.29, 0.717) is 5.69 Å². The van der Waals surface area contributed by atoms with Crippen molar-refractivity contribution in [2.75, 3.05) is 37.4 Å². The van der Waals surface area contributed by atoms with Gasteiger partial charge in [0.05, 0.1) is 18.9 Å². The lowest BCUT2D eigenvalue weighted by atomic mass is 10.2. The highest BCUT2D eigenvalue weighted by Crippen LogP contribution is 2.25. The number of aromatic hydroxyl groups is 1. The van der Waals surface area contributed by atoms with Crippen LogP contribution in [-0.4, -0.2) is 52.6 Å². The summed E-state index contributed by atoms with van der Waals surface area (Å²) >= 11 is 0. The molecule has 1 aromatic rings. The van der Waals surface area contributed by atoms with Crippen molar-refractivity contribution in [3.63, 3.8) is 0 Å². The zero-order chi connectivity index (χ0) is 13.5. The number of amides is 2. The molecular weight excluding hydrogens is 238 g/mol. The number of anilines is 2. The highest BCUT2D eigenvalue weighted by atomic mass is 16.3. The van der Waals surface area contributed by atoms with Gasteiger partial charge in [0.15, 0.2) is 0 Å². The third-order valence-electron chi connectivity index (χ3n) is 2.29. The Morgan fingerprint density at radius 1 is 1.28 bits per heavy atom. The van der Waals surface area contributed by atoms with Gasteiger partial charge in [-0.05, 0) is 12.1 Å². The van der Waals surface area contributed by atoms with Gasteiger partial charge < -0.3 is 31.3 Å². The fourth-order valence-electron chi connectivity index (χ4n) is 1.40. The monoisotopic (exact) mass is 255 g/mol. The van der Waals surface area contributed by atoms with E-state index in [4.69, 9.17) is 15.9 Å². The fourth-order valence-corrected chi connectivity index (χ4v) is 1.40. The molecule has 0 aromatic heterocycles. The third kappa shape index (κ3) is 3.79. The van der Waals surface area contributed by atoms with Crippen molar-refractivity contribution in [1.29, 1.82) is 0 Å². The molecule has 0 unspecified atom stereocenters. The Kier molecular flexibility index (Phi) is 5.22. The van der Waals surface area contributed by atoms with Crippen LogP contribution in [0.1, 0.15) is 0 Å². The molecule has 0 saturated carbocycles. The summed E-state index contributed by atoms with van der Waals surface area (Å²) in [6, 6.07) is 3.81. The van der Waals surface area contributed by atoms with Crippen LogP contribution in [0.2, 0.25) is 0 Å². The molecule has 18 heavy (non-hydrogen) atoms. The number of nitrogen functional groups attached to an aromatic ring is 1. The molecule has 0 aliphatic carbocycles. The van der Waals surface area contributed by atoms with E-state index in [9.17, 15) is 9.90 Å². The van der Waals surface area contributed by atoms with E-state index in [-0.39, 0.29) is 37.7 Å². The predicted molar refractivity (Wildman–Crippen MR) is 67.3 cm³/mol. The van der Waals surface area contributed by atoms with Crippen LogP contribution in [0.25, 0.3) is 0 Å². The van der Waals surface area contributed by atoms with Crippen LogP contribution in [0.4, 0.5) is 16.2 Å². The summed E-state index contributed by atoms with van der Waals surface area (Å²) in [6.07, 6.45) is 0. The maximum atomic E-state index is 11.8. The zero-order valence-electron chi connectivity index (χ0n) is 9.83. The number of rotatable bonds is 5. The average Bonchev–Trinajstić information content (AvgIpc) is 2.32. The zero-order valence-corrected chi connectivity index (χ0v) is 9.83. The molecule has 100 valence electrons. The second kappa shape index (κ2) is 6.67. The summed E-state index contributed by atoms with van der Waals surface area (Å²) in [4.78, 5) is 13.0. The second-order valence-corrected chi connectivity index (χ2v) is 3.64. The number of hydrogen-bond donors (Lipinski definition) is 5. The molecule has 0 aliphatic heterocycles. The van der Waals surface area contributed by atoms with Crippen molar-refractivity contribution < 1.29 is 20.1 Å². The second-order valence-electron chi connectivity index (χ2n) is 3.64. The largest absolute Gasteiger partial charge is 0.506 e. The van der Waals surface area contributed by atoms with Gasteiger partial charge >= 0.3 is 6.03 Å². The lowest BCUT2D eigenvalue weighted by Gasteiger charge is -2.21. The number of aliphatic hydroxyl groups is 2. The maximum Gasteiger partial charge on any atom is 0.322 e. The SMILES string of the molecule is Nc1ccc(NC(=O)N(CCO)CCO)c(O)c1. The molecule has 0 aliphatic rings. The number of nitrogens with zero attached hydrogens (tertiary/aromatic N) is 1. The molecule has 0 bridgehead atoms. The van der Waals surface area contributed by atoms with E-state index in [1.54, 1.807) is 0 Å². The number of carbonyl (C=O) groups is 1. The number of hydrogen-bond acceptors (Lipinski definition) is 5. The fraction of sp³-hybridized carbons (Fsp3) is 0.364. The Morgan fingerprint density at radius 3 is 2.39 bits per heavy atom. The summed E-state index contributed by atoms with van der Waals surface area (Å²) in [5.41, 5.74) is 6.06. The van der Waals surface area contributed by atoms with Crippen molar-refractivity contribution in [1.82, 2.24) is 4.90 Å². The van der Waals surface area contributed by atoms with E-state index in [2.05, 4.69) is 5.32 Å². The molecule has 1 rings (SSSR count). The van der Waals surface area contributed by atoms with Crippen LogP contribution >= 0.6 is 0 Å². The van der Waals surface area contributed by atoms with Crippen LogP contribution < -0.4 is 11.1 Å². The van der Waals surface area contributed by atoms with Gasteiger partial charge in [0, 0.05) is 24.8 Å². The number of nitrogens with one attached hydrogen (secondary N) is 1. The Labute approximate surface area is 104 Å². The van der Waals surface area contributed by atoms with Gasteiger partial charge in [-0.3, -0.25) is 0 Å². The number of phenols is 1. The van der Waals surface area contributed by atoms with E-state index < -0.39 is 6.03 Å². The van der Waals surface area contributed by atoms with Gasteiger partial charge in [0.25, 0.3) is 0 Å². The summed E-state index contributed by atoms with van der Waals surface area (Å²) in [7, 11) is 0. The van der Waals surface area contributed by atoms with Crippen LogP contribution in [0.5, 0.6) is 5.75 Å². The molecule has 0 spiro atoms. The Bertz CT molecular complexity index is 405. The van der Waals surface area contributed by atoms with E-state index in [1.807, 2.05) is 0 Å². The smallest absolute Gasteiger partial charge is 0.322 e. The summed E-state index contributed by atoms with van der Waals surface area (Å²) in [5.74, 6) is -0.142. The first-order valence-electron chi connectivity index (χ1n) is 5.44. The Morgan fingerprint density at radius 2 is 1.89 bits per heavy atom. The number of phenolic OH excluding ortho intramolecular Hbond substituents is 1. The lowest BCUT2D eigenvalue weighted by molar-refractivity contribution is 0.167. The first-order chi connectivity index (χ1) is 8.58. The van der Waals surface area contributed by atoms with Crippen molar-refractivity contribution in [2.45, 2.75) is 0 Å². The normalized spacial score (nSPS) is 10.1. The van der Waals surface area contributed by atoms with Gasteiger partial charge in [-0.15, -0.1) is 0 Å². The minimum Gasteiger partial charge on any atom is -0.506 e. The van der Waals surface area contributed by atoms with Crippen molar-refractivity contribution in [3.8, 4) is 5.75 Å². The van der Waals surface area contributed by atoms with Crippen molar-refractivity contribution in [2.24, 2.45) is 0 Å². The Hall–Kier alpha value is -1.99. The number of nitrogens with two attached hydrogens (primary N) is 1. The number of aliphatic hydroxyl groups excluding tert-OH is 2. The first-order valence-corrected chi connectivity index (χ1v) is 5.44. The molecule has 0 atom stereocenters. The lowest BCUT2D eigenvalue weighted by Crippen LogP contribution is -2.38. The summed E-state index contributed by atoms with van der Waals surface area (Å²) < 4.78 is 0. The molecule has 0 radical (unpaired) electrons. The Balaban J connectivity index is 2.72. The number of urea groups is 1. The molecule has 2 amide bonds. The molecule has 0 saturated heterocycles. The van der Waals surface area contributed by atoms with Crippen LogP contribution in [0.3, 0.4) is 0 Å². The summed E-state index contributed by atoms with van der Waals surface area (Å²) in [6.45, 7) is -0.216. The maximum absolute atomic E-state index is 11.8. The van der Waals surface area contributed by atoms with Crippen LogP contribution in [0, 0.1) is 0 Å². The minimum atomic E-state index is -0.516. The van der Waals surface area contributed by atoms with Crippen molar-refractivity contribution in [3.05, 3.63) is 18.2 Å². The first kappa shape index (κ1) is 14.1. The topological polar surface area (TPSA) is 119 Å². The standard InChI is InChI=1S/C11H17N3O4/c12-8-1-2-9(10(17)7-8)13-11(18)14(3-5-15)4-6-16/h1-2,7,15-17H,3-6,12H2,(H,13,18). The highest BCUT2D eigenvalue weighted by Gasteiger charge is 2.14. The molecule has 7 heteroatoms. The molecule has 0 heterocycles. The van der Waals surface area contributed by atoms with Crippen LogP contribution in [-0.2, 0) is 0 Å².